The number of anilines is 1. The molecule has 0 radical (unpaired) electrons. The topological polar surface area (TPSA) is 46.3 Å². The van der Waals surface area contributed by atoms with E-state index in [0.29, 0.717) is 17.2 Å². The first kappa shape index (κ1) is 14.6. The number of hydrogen-bond acceptors (Lipinski definition) is 2. The van der Waals surface area contributed by atoms with Crippen LogP contribution in [0.25, 0.3) is 0 Å². The third kappa shape index (κ3) is 3.49. The van der Waals surface area contributed by atoms with Gasteiger partial charge in [-0.1, -0.05) is 26.3 Å². The number of carbonyl (C=O) groups is 1. The Morgan fingerprint density at radius 1 is 1.39 bits per heavy atom. The summed E-state index contributed by atoms with van der Waals surface area (Å²) in [4.78, 5) is 14.2. The van der Waals surface area contributed by atoms with Crippen molar-refractivity contribution in [1.29, 1.82) is 0 Å². The minimum atomic E-state index is 0.0736. The third-order valence-electron chi connectivity index (χ3n) is 3.42. The Balaban J connectivity index is 2.86. The minimum Gasteiger partial charge on any atom is -0.398 e. The Morgan fingerprint density at radius 2 is 2.06 bits per heavy atom. The van der Waals surface area contributed by atoms with Crippen molar-refractivity contribution < 1.29 is 4.79 Å². The van der Waals surface area contributed by atoms with Crippen LogP contribution in [0.5, 0.6) is 0 Å². The van der Waals surface area contributed by atoms with E-state index in [1.165, 1.54) is 0 Å². The molecule has 3 heteroatoms. The van der Waals surface area contributed by atoms with Crippen LogP contribution in [0.15, 0.2) is 18.2 Å². The Hall–Kier alpha value is -1.51. The second kappa shape index (κ2) is 6.43. The normalized spacial score (nSPS) is 12.2. The van der Waals surface area contributed by atoms with Crippen molar-refractivity contribution in [1.82, 2.24) is 4.90 Å². The van der Waals surface area contributed by atoms with Crippen molar-refractivity contribution in [3.63, 3.8) is 0 Å². The van der Waals surface area contributed by atoms with Crippen LogP contribution < -0.4 is 5.73 Å². The van der Waals surface area contributed by atoms with E-state index < -0.39 is 0 Å². The summed E-state index contributed by atoms with van der Waals surface area (Å²) in [5, 5.41) is 0. The summed E-state index contributed by atoms with van der Waals surface area (Å²) < 4.78 is 0. The lowest BCUT2D eigenvalue weighted by Crippen LogP contribution is -2.34. The molecule has 3 nitrogen and oxygen atoms in total. The van der Waals surface area contributed by atoms with Gasteiger partial charge in [-0.2, -0.15) is 0 Å². The molecule has 0 aliphatic heterocycles. The maximum absolute atomic E-state index is 12.4. The summed E-state index contributed by atoms with van der Waals surface area (Å²) in [6, 6.07) is 5.53. The Morgan fingerprint density at radius 3 is 2.56 bits per heavy atom. The van der Waals surface area contributed by atoms with Gasteiger partial charge in [0.05, 0.1) is 0 Å². The van der Waals surface area contributed by atoms with Gasteiger partial charge in [-0.15, -0.1) is 0 Å². The Bertz CT molecular complexity index is 415. The van der Waals surface area contributed by atoms with Gasteiger partial charge in [0, 0.05) is 24.3 Å². The summed E-state index contributed by atoms with van der Waals surface area (Å²) in [6.07, 6.45) is 1.08. The van der Waals surface area contributed by atoms with Crippen molar-refractivity contribution in [3.05, 3.63) is 29.3 Å². The highest BCUT2D eigenvalue weighted by Crippen LogP contribution is 2.15. The number of carbonyl (C=O) groups excluding carboxylic acids is 1. The highest BCUT2D eigenvalue weighted by molar-refractivity contribution is 5.95. The molecular weight excluding hydrogens is 224 g/mol. The van der Waals surface area contributed by atoms with Gasteiger partial charge in [0.15, 0.2) is 0 Å². The van der Waals surface area contributed by atoms with E-state index in [0.717, 1.165) is 25.1 Å². The van der Waals surface area contributed by atoms with Crippen LogP contribution in [0.1, 0.15) is 43.1 Å². The average Bonchev–Trinajstić information content (AvgIpc) is 2.38. The van der Waals surface area contributed by atoms with E-state index >= 15 is 0 Å². The first-order chi connectivity index (χ1) is 8.49. The number of rotatable bonds is 5. The maximum Gasteiger partial charge on any atom is 0.253 e. The second-order valence-electron chi connectivity index (χ2n) is 4.93. The summed E-state index contributed by atoms with van der Waals surface area (Å²) in [5.74, 6) is 0.598. The van der Waals surface area contributed by atoms with Crippen molar-refractivity contribution in [2.45, 2.75) is 34.1 Å². The fourth-order valence-corrected chi connectivity index (χ4v) is 1.82. The highest BCUT2D eigenvalue weighted by atomic mass is 16.2. The van der Waals surface area contributed by atoms with Gasteiger partial charge in [0.2, 0.25) is 0 Å². The number of benzene rings is 1. The quantitative estimate of drug-likeness (QED) is 0.814. The first-order valence-electron chi connectivity index (χ1n) is 6.64. The van der Waals surface area contributed by atoms with Gasteiger partial charge in [-0.3, -0.25) is 4.79 Å². The SMILES string of the molecule is CCC(C)CN(CC)C(=O)c1ccc(C)c(N)c1. The Kier molecular flexibility index (Phi) is 5.20. The number of nitrogens with zero attached hydrogens (tertiary/aromatic N) is 1. The van der Waals surface area contributed by atoms with Crippen LogP contribution >= 0.6 is 0 Å². The predicted molar refractivity (Wildman–Crippen MR) is 76.6 cm³/mol. The molecule has 1 rings (SSSR count). The molecular formula is C15H24N2O. The van der Waals surface area contributed by atoms with E-state index in [-0.39, 0.29) is 5.91 Å². The predicted octanol–water partition coefficient (Wildman–Crippen LogP) is 3.09. The van der Waals surface area contributed by atoms with Gasteiger partial charge >= 0.3 is 0 Å². The van der Waals surface area contributed by atoms with Gasteiger partial charge in [-0.05, 0) is 37.5 Å². The number of nitrogens with two attached hydrogens (primary N) is 1. The van der Waals surface area contributed by atoms with E-state index in [9.17, 15) is 4.79 Å². The van der Waals surface area contributed by atoms with E-state index in [1.54, 1.807) is 6.07 Å². The van der Waals surface area contributed by atoms with Crippen molar-refractivity contribution >= 4 is 11.6 Å². The zero-order valence-electron chi connectivity index (χ0n) is 11.9. The molecule has 1 unspecified atom stereocenters. The summed E-state index contributed by atoms with van der Waals surface area (Å²) in [7, 11) is 0. The number of nitrogen functional groups attached to an aromatic ring is 1. The van der Waals surface area contributed by atoms with Gasteiger partial charge in [-0.25, -0.2) is 0 Å². The molecule has 0 aliphatic carbocycles. The van der Waals surface area contributed by atoms with Gasteiger partial charge < -0.3 is 10.6 Å². The van der Waals surface area contributed by atoms with Crippen LogP contribution in [-0.4, -0.2) is 23.9 Å². The average molecular weight is 248 g/mol. The molecule has 18 heavy (non-hydrogen) atoms. The monoisotopic (exact) mass is 248 g/mol. The maximum atomic E-state index is 12.4. The summed E-state index contributed by atoms with van der Waals surface area (Å²) in [5.41, 5.74) is 8.23. The van der Waals surface area contributed by atoms with Crippen LogP contribution in [0.2, 0.25) is 0 Å². The lowest BCUT2D eigenvalue weighted by atomic mass is 10.1. The van der Waals surface area contributed by atoms with Crippen LogP contribution in [0.3, 0.4) is 0 Å². The largest absolute Gasteiger partial charge is 0.398 e. The van der Waals surface area contributed by atoms with Gasteiger partial charge in [0.25, 0.3) is 5.91 Å². The first-order valence-corrected chi connectivity index (χ1v) is 6.64. The molecule has 0 aliphatic rings. The second-order valence-corrected chi connectivity index (χ2v) is 4.93. The van der Waals surface area contributed by atoms with E-state index in [4.69, 9.17) is 5.73 Å². The van der Waals surface area contributed by atoms with E-state index in [2.05, 4.69) is 13.8 Å². The molecule has 2 N–H and O–H groups in total. The minimum absolute atomic E-state index is 0.0736. The molecule has 0 saturated carbocycles. The zero-order chi connectivity index (χ0) is 13.7. The third-order valence-corrected chi connectivity index (χ3v) is 3.42. The highest BCUT2D eigenvalue weighted by Gasteiger charge is 2.16. The van der Waals surface area contributed by atoms with Crippen LogP contribution in [0.4, 0.5) is 5.69 Å². The van der Waals surface area contributed by atoms with Crippen LogP contribution in [0, 0.1) is 12.8 Å². The summed E-state index contributed by atoms with van der Waals surface area (Å²) in [6.45, 7) is 9.81. The molecule has 0 heterocycles. The molecule has 0 saturated heterocycles. The lowest BCUT2D eigenvalue weighted by Gasteiger charge is -2.24. The smallest absolute Gasteiger partial charge is 0.253 e. The molecule has 1 atom stereocenters. The molecule has 100 valence electrons. The molecule has 1 amide bonds. The fraction of sp³-hybridized carbons (Fsp3) is 0.533. The van der Waals surface area contributed by atoms with Crippen molar-refractivity contribution in [3.8, 4) is 0 Å². The molecule has 0 bridgehead atoms. The fourth-order valence-electron chi connectivity index (χ4n) is 1.82. The van der Waals surface area contributed by atoms with Crippen LogP contribution in [-0.2, 0) is 0 Å². The molecule has 0 aromatic heterocycles. The molecule has 0 spiro atoms. The van der Waals surface area contributed by atoms with Crippen molar-refractivity contribution in [2.75, 3.05) is 18.8 Å². The number of amides is 1. The van der Waals surface area contributed by atoms with Gasteiger partial charge in [0.1, 0.15) is 0 Å². The molecule has 1 aromatic carbocycles. The van der Waals surface area contributed by atoms with E-state index in [1.807, 2.05) is 30.9 Å². The lowest BCUT2D eigenvalue weighted by molar-refractivity contribution is 0.0741. The molecule has 0 fully saturated rings. The number of aryl methyl sites for hydroxylation is 1. The Labute approximate surface area is 110 Å². The standard InChI is InChI=1S/C15H24N2O/c1-5-11(3)10-17(6-2)15(18)13-8-7-12(4)14(16)9-13/h7-9,11H,5-6,10,16H2,1-4H3. The molecule has 1 aromatic rings. The zero-order valence-corrected chi connectivity index (χ0v) is 11.9. The summed E-state index contributed by atoms with van der Waals surface area (Å²) >= 11 is 0. The number of hydrogen-bond donors (Lipinski definition) is 1. The van der Waals surface area contributed by atoms with Crippen molar-refractivity contribution in [2.24, 2.45) is 5.92 Å².